The van der Waals surface area contributed by atoms with E-state index in [2.05, 4.69) is 14.4 Å². The summed E-state index contributed by atoms with van der Waals surface area (Å²) in [6, 6.07) is 0. The van der Waals surface area contributed by atoms with Gasteiger partial charge in [-0.15, -0.1) is 15.7 Å². The minimum Gasteiger partial charge on any atom is -0.394 e. The smallest absolute Gasteiger partial charge is 0.323 e. The van der Waals surface area contributed by atoms with Crippen molar-refractivity contribution in [3.05, 3.63) is 11.1 Å². The number of nitrogens with one attached hydrogen (secondary N) is 1. The van der Waals surface area contributed by atoms with E-state index in [1.165, 1.54) is 23.1 Å². The lowest BCUT2D eigenvalue weighted by Crippen LogP contribution is -2.66. The second kappa shape index (κ2) is 15.3. The molecule has 1 aromatic rings. The molecule has 2 saturated heterocycles. The summed E-state index contributed by atoms with van der Waals surface area (Å²) in [5.74, 6) is 0.480. The molecule has 14 N–H and O–H groups in total. The molecule has 3 rings (SSSR count). The summed E-state index contributed by atoms with van der Waals surface area (Å²) in [4.78, 5) is 8.06. The van der Waals surface area contributed by atoms with Crippen LogP contribution in [0.1, 0.15) is 12.1 Å². The summed E-state index contributed by atoms with van der Waals surface area (Å²) in [5, 5.41) is 72.5. The lowest BCUT2D eigenvalue weighted by atomic mass is 9.96. The van der Waals surface area contributed by atoms with Gasteiger partial charge in [0.1, 0.15) is 54.7 Å². The van der Waals surface area contributed by atoms with Crippen LogP contribution in [0.15, 0.2) is 14.8 Å². The molecule has 42 heavy (non-hydrogen) atoms. The molecule has 240 valence electrons. The van der Waals surface area contributed by atoms with Crippen molar-refractivity contribution < 1.29 is 58.4 Å². The number of hydrogen-bond donors (Lipinski definition) is 11. The van der Waals surface area contributed by atoms with Crippen LogP contribution in [-0.2, 0) is 30.2 Å². The number of hydrogen-bond acceptors (Lipinski definition) is 16. The van der Waals surface area contributed by atoms with Gasteiger partial charge in [0.2, 0.25) is 5.13 Å². The fraction of sp³-hybridized carbons (Fsp3) is 0.750. The van der Waals surface area contributed by atoms with Crippen LogP contribution < -0.4 is 21.9 Å². The van der Waals surface area contributed by atoms with Crippen molar-refractivity contribution in [1.29, 1.82) is 0 Å². The van der Waals surface area contributed by atoms with Crippen LogP contribution in [0.2, 0.25) is 0 Å². The van der Waals surface area contributed by atoms with Gasteiger partial charge in [0.05, 0.1) is 18.9 Å². The highest BCUT2D eigenvalue weighted by Gasteiger charge is 2.51. The van der Waals surface area contributed by atoms with Crippen molar-refractivity contribution in [3.63, 3.8) is 0 Å². The molecule has 22 heteroatoms. The van der Waals surface area contributed by atoms with Crippen molar-refractivity contribution in [2.75, 3.05) is 19.0 Å². The van der Waals surface area contributed by atoms with E-state index in [1.54, 1.807) is 5.38 Å². The zero-order chi connectivity index (χ0) is 31.2. The quantitative estimate of drug-likeness (QED) is 0.0533. The van der Waals surface area contributed by atoms with Gasteiger partial charge >= 0.3 is 10.2 Å². The first-order chi connectivity index (χ1) is 19.8. The maximum Gasteiger partial charge on any atom is 0.323 e. The maximum absolute atomic E-state index is 12.6. The predicted molar refractivity (Wildman–Crippen MR) is 148 cm³/mol. The average Bonchev–Trinajstić information content (AvgIpc) is 3.36. The molecule has 1 aromatic heterocycles. The molecule has 0 radical (unpaired) electrons. The normalized spacial score (nSPS) is 34.3. The van der Waals surface area contributed by atoms with Crippen LogP contribution in [0.25, 0.3) is 0 Å². The molecular weight excluding hydrogens is 626 g/mol. The molecular formula is C20H35N7O12S3. The van der Waals surface area contributed by atoms with Gasteiger partial charge < -0.3 is 67.2 Å². The van der Waals surface area contributed by atoms with E-state index in [0.717, 1.165) is 0 Å². The van der Waals surface area contributed by atoms with Gasteiger partial charge in [0, 0.05) is 23.3 Å². The van der Waals surface area contributed by atoms with Crippen LogP contribution in [0.4, 0.5) is 5.13 Å². The molecule has 0 bridgehead atoms. The fourth-order valence-corrected chi connectivity index (χ4v) is 6.54. The zero-order valence-electron chi connectivity index (χ0n) is 21.9. The Balaban J connectivity index is 1.55. The van der Waals surface area contributed by atoms with Crippen LogP contribution in [-0.4, -0.2) is 141 Å². The van der Waals surface area contributed by atoms with Crippen molar-refractivity contribution in [2.24, 2.45) is 26.6 Å². The van der Waals surface area contributed by atoms with E-state index in [9.17, 15) is 44.2 Å². The first-order valence-electron chi connectivity index (χ1n) is 12.3. The van der Waals surface area contributed by atoms with Crippen molar-refractivity contribution >= 4 is 50.2 Å². The molecule has 2 aliphatic heterocycles. The number of thiazole rings is 1. The highest BCUT2D eigenvalue weighted by Crippen LogP contribution is 2.29. The minimum atomic E-state index is -4.56. The number of ether oxygens (including phenoxy) is 3. The first kappa shape index (κ1) is 34.7. The van der Waals surface area contributed by atoms with E-state index in [1.807, 2.05) is 4.72 Å². The Labute approximate surface area is 248 Å². The van der Waals surface area contributed by atoms with E-state index in [-0.39, 0.29) is 18.2 Å². The van der Waals surface area contributed by atoms with Gasteiger partial charge in [-0.1, -0.05) is 0 Å². The SMILES string of the molecule is NC(N)=Nc1nc(CSCCC(N)=NS(=O)(=O)N[C@@H]2O[C@H](CO)[C@@H](O[C@H]3O[C@H](CO)[C@@H](O)[C@H](O)[C@H]3O)[C@H](O)[C@H]2O)cs1. The number of guanidine groups is 1. The largest absolute Gasteiger partial charge is 0.394 e. The Kier molecular flexibility index (Phi) is 12.6. The number of aromatic nitrogens is 1. The Bertz CT molecular complexity index is 1180. The third kappa shape index (κ3) is 9.12. The number of nitrogens with zero attached hydrogens (tertiary/aromatic N) is 3. The zero-order valence-corrected chi connectivity index (χ0v) is 24.3. The van der Waals surface area contributed by atoms with Crippen LogP contribution >= 0.6 is 23.1 Å². The average molecular weight is 662 g/mol. The van der Waals surface area contributed by atoms with Gasteiger partial charge in [-0.2, -0.15) is 29.9 Å². The van der Waals surface area contributed by atoms with E-state index in [4.69, 9.17) is 31.4 Å². The van der Waals surface area contributed by atoms with Crippen LogP contribution in [0, 0.1) is 0 Å². The summed E-state index contributed by atoms with van der Waals surface area (Å²) in [6.07, 6.45) is -17.1. The molecule has 19 nitrogen and oxygen atoms in total. The van der Waals surface area contributed by atoms with Crippen molar-refractivity contribution in [1.82, 2.24) is 9.71 Å². The third-order valence-electron chi connectivity index (χ3n) is 6.02. The number of nitrogens with two attached hydrogens (primary N) is 3. The van der Waals surface area contributed by atoms with Crippen LogP contribution in [0.3, 0.4) is 0 Å². The standard InChI is InChI=1S/C20H35N7O12S3/c21-10(1-2-40-5-7-6-41-20(24-7)25-19(22)23)26-42(35,36)27-17-14(33)13(32)16(9(4-29)37-17)39-18-15(34)12(31)11(30)8(3-28)38-18/h6,8-9,11-18,27-34H,1-5H2,(H2,21,26)(H4,22,23,24,25)/t8-,9-,11-,12+,13-,14-,15-,16-,17-,18-/m1/s1. The van der Waals surface area contributed by atoms with Gasteiger partial charge in [0.25, 0.3) is 0 Å². The first-order valence-corrected chi connectivity index (χ1v) is 15.8. The molecule has 2 fully saturated rings. The number of amidine groups is 1. The number of thioether (sulfide) groups is 1. The Morgan fingerprint density at radius 3 is 2.36 bits per heavy atom. The highest BCUT2D eigenvalue weighted by atomic mass is 32.2. The summed E-state index contributed by atoms with van der Waals surface area (Å²) in [5.41, 5.74) is 17.1. The van der Waals surface area contributed by atoms with Gasteiger partial charge in [-0.3, -0.25) is 0 Å². The van der Waals surface area contributed by atoms with Gasteiger partial charge in [0.15, 0.2) is 18.5 Å². The maximum atomic E-state index is 12.6. The second-order valence-corrected chi connectivity index (χ2v) is 12.5. The summed E-state index contributed by atoms with van der Waals surface area (Å²) in [7, 11) is -4.56. The molecule has 0 aromatic carbocycles. The molecule has 0 spiro atoms. The Hall–Kier alpha value is -1.77. The summed E-state index contributed by atoms with van der Waals surface area (Å²) >= 11 is 2.65. The van der Waals surface area contributed by atoms with Crippen molar-refractivity contribution in [3.8, 4) is 0 Å². The number of rotatable bonds is 13. The Morgan fingerprint density at radius 2 is 1.71 bits per heavy atom. The van der Waals surface area contributed by atoms with E-state index < -0.39 is 84.8 Å². The molecule has 10 atom stereocenters. The highest BCUT2D eigenvalue weighted by molar-refractivity contribution is 7.98. The second-order valence-electron chi connectivity index (χ2n) is 9.19. The number of aliphatic hydroxyl groups is 7. The van der Waals surface area contributed by atoms with Crippen LogP contribution in [0.5, 0.6) is 0 Å². The van der Waals surface area contributed by atoms with Crippen molar-refractivity contribution in [2.45, 2.75) is 73.5 Å². The molecule has 2 aliphatic rings. The monoisotopic (exact) mass is 661 g/mol. The molecule has 3 heterocycles. The lowest BCUT2D eigenvalue weighted by molar-refractivity contribution is -0.342. The Morgan fingerprint density at radius 1 is 1.02 bits per heavy atom. The molecule has 0 unspecified atom stereocenters. The third-order valence-corrected chi connectivity index (χ3v) is 8.80. The topological polar surface area (TPSA) is 331 Å². The molecule has 0 aliphatic carbocycles. The van der Waals surface area contributed by atoms with Gasteiger partial charge in [-0.05, 0) is 0 Å². The lowest BCUT2D eigenvalue weighted by Gasteiger charge is -2.46. The summed E-state index contributed by atoms with van der Waals surface area (Å²) in [6.45, 7) is -1.60. The van der Waals surface area contributed by atoms with Gasteiger partial charge in [-0.25, -0.2) is 4.98 Å². The fourth-order valence-electron chi connectivity index (χ4n) is 3.94. The number of aliphatic imine (C=N–C) groups is 1. The predicted octanol–water partition coefficient (Wildman–Crippen LogP) is -5.51. The molecule has 0 saturated carbocycles. The van der Waals surface area contributed by atoms with E-state index in [0.29, 0.717) is 22.3 Å². The molecule has 0 amide bonds. The summed E-state index contributed by atoms with van der Waals surface area (Å²) < 4.78 is 46.5. The minimum absolute atomic E-state index is 0.0709. The van der Waals surface area contributed by atoms with E-state index >= 15 is 0 Å². The number of aliphatic hydroxyl groups excluding tert-OH is 7.